The topological polar surface area (TPSA) is 87.1 Å². The zero-order valence-corrected chi connectivity index (χ0v) is 16.4. The van der Waals surface area contributed by atoms with Crippen molar-refractivity contribution in [2.45, 2.75) is 25.9 Å². The SMILES string of the molecule is COc1cccc(C[C@@]2(C(=O)O)CN(C(=O)c3ccc(F)c(C)c3)CC[C@H]2O)c1. The summed E-state index contributed by atoms with van der Waals surface area (Å²) < 4.78 is 18.7. The first-order valence-corrected chi connectivity index (χ1v) is 9.36. The van der Waals surface area contributed by atoms with Gasteiger partial charge in [-0.1, -0.05) is 12.1 Å². The Balaban J connectivity index is 1.90. The monoisotopic (exact) mass is 401 g/mol. The normalized spacial score (nSPS) is 21.7. The summed E-state index contributed by atoms with van der Waals surface area (Å²) in [6.45, 7) is 1.65. The first-order chi connectivity index (χ1) is 13.8. The third-order valence-corrected chi connectivity index (χ3v) is 5.56. The smallest absolute Gasteiger partial charge is 0.314 e. The van der Waals surface area contributed by atoms with E-state index in [-0.39, 0.29) is 31.8 Å². The van der Waals surface area contributed by atoms with Crippen molar-refractivity contribution < 1.29 is 28.9 Å². The fourth-order valence-corrected chi connectivity index (χ4v) is 3.82. The number of amides is 1. The minimum Gasteiger partial charge on any atom is -0.497 e. The maximum atomic E-state index is 13.5. The number of aryl methyl sites for hydroxylation is 1. The third-order valence-electron chi connectivity index (χ3n) is 5.56. The highest BCUT2D eigenvalue weighted by atomic mass is 19.1. The molecule has 2 aromatic carbocycles. The number of aliphatic hydroxyl groups is 1. The van der Waals surface area contributed by atoms with Gasteiger partial charge in [0.25, 0.3) is 5.91 Å². The maximum absolute atomic E-state index is 13.5. The summed E-state index contributed by atoms with van der Waals surface area (Å²) in [4.78, 5) is 26.6. The second-order valence-electron chi connectivity index (χ2n) is 7.48. The fraction of sp³-hybridized carbons (Fsp3) is 0.364. The Hall–Kier alpha value is -2.93. The Morgan fingerprint density at radius 3 is 2.69 bits per heavy atom. The van der Waals surface area contributed by atoms with Gasteiger partial charge >= 0.3 is 5.97 Å². The third kappa shape index (κ3) is 4.10. The number of carbonyl (C=O) groups is 2. The molecule has 154 valence electrons. The highest BCUT2D eigenvalue weighted by Gasteiger charge is 2.50. The zero-order valence-electron chi connectivity index (χ0n) is 16.4. The molecule has 0 bridgehead atoms. The predicted octanol–water partition coefficient (Wildman–Crippen LogP) is 2.66. The van der Waals surface area contributed by atoms with E-state index in [0.29, 0.717) is 22.4 Å². The molecular formula is C22H24FNO5. The summed E-state index contributed by atoms with van der Waals surface area (Å²) in [6.07, 6.45) is -0.917. The van der Waals surface area contributed by atoms with E-state index in [1.54, 1.807) is 31.2 Å². The Kier molecular flexibility index (Phi) is 5.88. The number of benzene rings is 2. The number of hydrogen-bond acceptors (Lipinski definition) is 4. The van der Waals surface area contributed by atoms with Crippen LogP contribution in [-0.2, 0) is 11.2 Å². The van der Waals surface area contributed by atoms with Gasteiger partial charge in [-0.15, -0.1) is 0 Å². The molecule has 2 aromatic rings. The fourth-order valence-electron chi connectivity index (χ4n) is 3.82. The molecule has 6 nitrogen and oxygen atoms in total. The second kappa shape index (κ2) is 8.21. The lowest BCUT2D eigenvalue weighted by Gasteiger charge is -2.43. The van der Waals surface area contributed by atoms with Crippen LogP contribution in [0.1, 0.15) is 27.9 Å². The Morgan fingerprint density at radius 1 is 1.28 bits per heavy atom. The minimum absolute atomic E-state index is 0.0485. The van der Waals surface area contributed by atoms with Crippen LogP contribution in [0, 0.1) is 18.2 Å². The molecule has 1 heterocycles. The second-order valence-corrected chi connectivity index (χ2v) is 7.48. The molecule has 7 heteroatoms. The van der Waals surface area contributed by atoms with E-state index in [4.69, 9.17) is 4.74 Å². The number of methoxy groups -OCH3 is 1. The highest BCUT2D eigenvalue weighted by molar-refractivity contribution is 5.95. The Bertz CT molecular complexity index is 931. The number of halogens is 1. The van der Waals surface area contributed by atoms with Crippen LogP contribution < -0.4 is 4.74 Å². The van der Waals surface area contributed by atoms with E-state index in [1.165, 1.54) is 30.2 Å². The van der Waals surface area contributed by atoms with Crippen molar-refractivity contribution in [2.24, 2.45) is 5.41 Å². The lowest BCUT2D eigenvalue weighted by molar-refractivity contribution is -0.161. The van der Waals surface area contributed by atoms with E-state index in [0.717, 1.165) is 0 Å². The molecule has 1 saturated heterocycles. The van der Waals surface area contributed by atoms with Crippen molar-refractivity contribution in [2.75, 3.05) is 20.2 Å². The number of rotatable bonds is 5. The number of nitrogens with zero attached hydrogens (tertiary/aromatic N) is 1. The number of likely N-dealkylation sites (tertiary alicyclic amines) is 1. The van der Waals surface area contributed by atoms with Crippen molar-refractivity contribution in [1.29, 1.82) is 0 Å². The molecule has 1 aliphatic rings. The number of ether oxygens (including phenoxy) is 1. The van der Waals surface area contributed by atoms with Crippen LogP contribution in [0.25, 0.3) is 0 Å². The largest absolute Gasteiger partial charge is 0.497 e. The van der Waals surface area contributed by atoms with Gasteiger partial charge in [-0.2, -0.15) is 0 Å². The summed E-state index contributed by atoms with van der Waals surface area (Å²) >= 11 is 0. The molecule has 0 spiro atoms. The predicted molar refractivity (Wildman–Crippen MR) is 104 cm³/mol. The molecular weight excluding hydrogens is 377 g/mol. The van der Waals surface area contributed by atoms with E-state index in [2.05, 4.69) is 0 Å². The van der Waals surface area contributed by atoms with E-state index in [9.17, 15) is 24.2 Å². The molecule has 0 aliphatic carbocycles. The highest BCUT2D eigenvalue weighted by Crippen LogP contribution is 2.36. The number of carboxylic acids is 1. The molecule has 1 aliphatic heterocycles. The van der Waals surface area contributed by atoms with E-state index in [1.807, 2.05) is 0 Å². The zero-order chi connectivity index (χ0) is 21.2. The van der Waals surface area contributed by atoms with Gasteiger partial charge in [-0.25, -0.2) is 4.39 Å². The van der Waals surface area contributed by atoms with Crippen molar-refractivity contribution in [3.63, 3.8) is 0 Å². The number of hydrogen-bond donors (Lipinski definition) is 2. The van der Waals surface area contributed by atoms with Crippen LogP contribution in [0.4, 0.5) is 4.39 Å². The summed E-state index contributed by atoms with van der Waals surface area (Å²) in [5.74, 6) is -1.37. The van der Waals surface area contributed by atoms with Crippen LogP contribution in [-0.4, -0.2) is 53.3 Å². The van der Waals surface area contributed by atoms with Gasteiger partial charge in [-0.05, 0) is 61.2 Å². The standard InChI is InChI=1S/C22H24FNO5/c1-14-10-16(6-7-18(14)23)20(26)24-9-8-19(25)22(13-24,21(27)28)12-15-4-3-5-17(11-15)29-2/h3-7,10-11,19,25H,8-9,12-13H2,1-2H3,(H,27,28)/t19-,22-/m1/s1. The quantitative estimate of drug-likeness (QED) is 0.804. The average Bonchev–Trinajstić information content (AvgIpc) is 2.71. The lowest BCUT2D eigenvalue weighted by Crippen LogP contribution is -2.58. The first-order valence-electron chi connectivity index (χ1n) is 9.36. The summed E-state index contributed by atoms with van der Waals surface area (Å²) in [5, 5.41) is 20.6. The Morgan fingerprint density at radius 2 is 2.03 bits per heavy atom. The minimum atomic E-state index is -1.55. The number of aliphatic hydroxyl groups excluding tert-OH is 1. The average molecular weight is 401 g/mol. The molecule has 0 aromatic heterocycles. The van der Waals surface area contributed by atoms with Crippen LogP contribution in [0.5, 0.6) is 5.75 Å². The van der Waals surface area contributed by atoms with Crippen LogP contribution in [0.3, 0.4) is 0 Å². The van der Waals surface area contributed by atoms with Gasteiger partial charge in [0.2, 0.25) is 0 Å². The van der Waals surface area contributed by atoms with Crippen molar-refractivity contribution >= 4 is 11.9 Å². The summed E-state index contributed by atoms with van der Waals surface area (Å²) in [6, 6.07) is 11.1. The van der Waals surface area contributed by atoms with Crippen molar-refractivity contribution in [3.05, 3.63) is 65.0 Å². The van der Waals surface area contributed by atoms with Crippen molar-refractivity contribution in [3.8, 4) is 5.75 Å². The number of carboxylic acid groups (broad SMARTS) is 1. The van der Waals surface area contributed by atoms with Gasteiger partial charge in [0.1, 0.15) is 17.0 Å². The molecule has 3 rings (SSSR count). The molecule has 0 saturated carbocycles. The number of carbonyl (C=O) groups excluding carboxylic acids is 1. The van der Waals surface area contributed by atoms with Gasteiger partial charge in [-0.3, -0.25) is 9.59 Å². The lowest BCUT2D eigenvalue weighted by atomic mass is 9.72. The molecule has 0 radical (unpaired) electrons. The molecule has 0 unspecified atom stereocenters. The molecule has 1 amide bonds. The molecule has 29 heavy (non-hydrogen) atoms. The van der Waals surface area contributed by atoms with Crippen LogP contribution in [0.15, 0.2) is 42.5 Å². The van der Waals surface area contributed by atoms with Gasteiger partial charge in [0, 0.05) is 18.7 Å². The van der Waals surface area contributed by atoms with E-state index >= 15 is 0 Å². The number of aliphatic carboxylic acids is 1. The summed E-state index contributed by atoms with van der Waals surface area (Å²) in [5.41, 5.74) is -0.220. The van der Waals surface area contributed by atoms with Gasteiger partial charge < -0.3 is 19.8 Å². The molecule has 1 fully saturated rings. The van der Waals surface area contributed by atoms with Crippen LogP contribution >= 0.6 is 0 Å². The van der Waals surface area contributed by atoms with Gasteiger partial charge in [0.15, 0.2) is 0 Å². The maximum Gasteiger partial charge on any atom is 0.314 e. The summed E-state index contributed by atoms with van der Waals surface area (Å²) in [7, 11) is 1.52. The molecule has 2 atom stereocenters. The number of piperidine rings is 1. The van der Waals surface area contributed by atoms with E-state index < -0.39 is 23.3 Å². The van der Waals surface area contributed by atoms with Gasteiger partial charge in [0.05, 0.1) is 13.2 Å². The van der Waals surface area contributed by atoms with Crippen molar-refractivity contribution in [1.82, 2.24) is 4.90 Å². The van der Waals surface area contributed by atoms with Crippen LogP contribution in [0.2, 0.25) is 0 Å². The molecule has 2 N–H and O–H groups in total. The Labute approximate surface area is 168 Å². The first kappa shape index (κ1) is 20.8.